The summed E-state index contributed by atoms with van der Waals surface area (Å²) in [6, 6.07) is 15.5. The molecule has 2 N–H and O–H groups in total. The predicted molar refractivity (Wildman–Crippen MR) is 94.2 cm³/mol. The number of hydrogen-bond donors (Lipinski definition) is 1. The maximum Gasteiger partial charge on any atom is 0.124 e. The van der Waals surface area contributed by atoms with Crippen LogP contribution in [0.2, 0.25) is 5.02 Å². The predicted octanol–water partition coefficient (Wildman–Crippen LogP) is 4.31. The van der Waals surface area contributed by atoms with Crippen molar-refractivity contribution in [1.82, 2.24) is 4.57 Å². The topological polar surface area (TPSA) is 40.2 Å². The second-order valence-electron chi connectivity index (χ2n) is 5.05. The van der Waals surface area contributed by atoms with Gasteiger partial charge in [0.05, 0.1) is 13.2 Å². The highest BCUT2D eigenvalue weighted by Crippen LogP contribution is 2.32. The molecule has 0 aliphatic heterocycles. The summed E-state index contributed by atoms with van der Waals surface area (Å²) in [4.78, 5) is 0. The lowest BCUT2D eigenvalue weighted by atomic mass is 10.0. The average Bonchev–Trinajstić information content (AvgIpc) is 2.84. The molecule has 3 rings (SSSR count). The van der Waals surface area contributed by atoms with E-state index in [2.05, 4.69) is 22.8 Å². The normalized spacial score (nSPS) is 12.0. The van der Waals surface area contributed by atoms with Crippen molar-refractivity contribution in [1.29, 1.82) is 0 Å². The first-order valence-electron chi connectivity index (χ1n) is 6.75. The molecule has 116 valence electrons. The summed E-state index contributed by atoms with van der Waals surface area (Å²) in [7, 11) is 3.66. The Morgan fingerprint density at radius 3 is 2.55 bits per heavy atom. The maximum atomic E-state index is 6.47. The molecule has 1 atom stereocenters. The zero-order chi connectivity index (χ0) is 15.0. The van der Waals surface area contributed by atoms with Crippen LogP contribution in [-0.4, -0.2) is 11.7 Å². The van der Waals surface area contributed by atoms with Crippen molar-refractivity contribution in [3.05, 3.63) is 64.8 Å². The lowest BCUT2D eigenvalue weighted by Gasteiger charge is -2.17. The SMILES string of the molecule is COc1ccc(Cl)cc1C(N)c1cc2ccccc2n1C.Cl. The third-order valence-electron chi connectivity index (χ3n) is 3.83. The standard InChI is InChI=1S/C17H17ClN2O.ClH/c1-20-14-6-4-3-5-11(14)9-15(20)17(19)13-10-12(18)7-8-16(13)21-2;/h3-10,17H,19H2,1-2H3;1H. The number of nitrogens with two attached hydrogens (primary N) is 1. The van der Waals surface area contributed by atoms with Crippen molar-refractivity contribution in [3.8, 4) is 5.75 Å². The van der Waals surface area contributed by atoms with Crippen LogP contribution in [0.4, 0.5) is 0 Å². The molecule has 1 aromatic heterocycles. The third-order valence-corrected chi connectivity index (χ3v) is 4.07. The molecule has 0 amide bonds. The summed E-state index contributed by atoms with van der Waals surface area (Å²) in [6.07, 6.45) is 0. The molecule has 0 saturated heterocycles. The number of aryl methyl sites for hydroxylation is 1. The summed E-state index contributed by atoms with van der Waals surface area (Å²) >= 11 is 6.11. The lowest BCUT2D eigenvalue weighted by Crippen LogP contribution is -2.16. The van der Waals surface area contributed by atoms with Crippen LogP contribution < -0.4 is 10.5 Å². The maximum absolute atomic E-state index is 6.47. The number of aromatic nitrogens is 1. The molecule has 2 aromatic carbocycles. The molecule has 0 aliphatic rings. The molecule has 3 aromatic rings. The van der Waals surface area contributed by atoms with E-state index >= 15 is 0 Å². The van der Waals surface area contributed by atoms with Crippen molar-refractivity contribution in [2.45, 2.75) is 6.04 Å². The molecule has 0 bridgehead atoms. The smallest absolute Gasteiger partial charge is 0.124 e. The Bertz CT molecular complexity index is 798. The second-order valence-corrected chi connectivity index (χ2v) is 5.49. The number of benzene rings is 2. The average molecular weight is 337 g/mol. The van der Waals surface area contributed by atoms with E-state index in [4.69, 9.17) is 22.1 Å². The first-order valence-corrected chi connectivity index (χ1v) is 7.13. The molecular weight excluding hydrogens is 319 g/mol. The minimum Gasteiger partial charge on any atom is -0.496 e. The molecule has 0 saturated carbocycles. The summed E-state index contributed by atoms with van der Waals surface area (Å²) in [5.74, 6) is 0.747. The van der Waals surface area contributed by atoms with E-state index in [0.29, 0.717) is 5.02 Å². The van der Waals surface area contributed by atoms with Gasteiger partial charge in [-0.1, -0.05) is 29.8 Å². The Morgan fingerprint density at radius 2 is 1.86 bits per heavy atom. The molecule has 1 unspecified atom stereocenters. The molecule has 22 heavy (non-hydrogen) atoms. The number of methoxy groups -OCH3 is 1. The summed E-state index contributed by atoms with van der Waals surface area (Å²) < 4.78 is 7.52. The Kier molecular flexibility index (Phi) is 5.01. The fraction of sp³-hybridized carbons (Fsp3) is 0.176. The molecule has 0 radical (unpaired) electrons. The molecule has 0 spiro atoms. The molecule has 5 heteroatoms. The summed E-state index contributed by atoms with van der Waals surface area (Å²) in [6.45, 7) is 0. The van der Waals surface area contributed by atoms with Gasteiger partial charge in [-0.2, -0.15) is 0 Å². The minimum atomic E-state index is -0.295. The molecular formula is C17H18Cl2N2O. The largest absolute Gasteiger partial charge is 0.496 e. The molecule has 3 nitrogen and oxygen atoms in total. The van der Waals surface area contributed by atoms with Gasteiger partial charge >= 0.3 is 0 Å². The second kappa shape index (κ2) is 6.61. The lowest BCUT2D eigenvalue weighted by molar-refractivity contribution is 0.407. The van der Waals surface area contributed by atoms with E-state index in [-0.39, 0.29) is 18.4 Å². The first-order chi connectivity index (χ1) is 10.1. The van der Waals surface area contributed by atoms with Gasteiger partial charge in [0.25, 0.3) is 0 Å². The van der Waals surface area contributed by atoms with Gasteiger partial charge in [0.15, 0.2) is 0 Å². The van der Waals surface area contributed by atoms with Crippen LogP contribution in [0, 0.1) is 0 Å². The van der Waals surface area contributed by atoms with Crippen LogP contribution in [0.1, 0.15) is 17.3 Å². The van der Waals surface area contributed by atoms with Crippen LogP contribution in [-0.2, 0) is 7.05 Å². The van der Waals surface area contributed by atoms with Gasteiger partial charge in [-0.25, -0.2) is 0 Å². The van der Waals surface area contributed by atoms with Gasteiger partial charge in [-0.15, -0.1) is 12.4 Å². The molecule has 0 aliphatic carbocycles. The van der Waals surface area contributed by atoms with Gasteiger partial charge < -0.3 is 15.0 Å². The van der Waals surface area contributed by atoms with Gasteiger partial charge in [0.2, 0.25) is 0 Å². The number of fused-ring (bicyclic) bond motifs is 1. The zero-order valence-electron chi connectivity index (χ0n) is 12.4. The zero-order valence-corrected chi connectivity index (χ0v) is 14.0. The van der Waals surface area contributed by atoms with Crippen LogP contribution in [0.15, 0.2) is 48.5 Å². The monoisotopic (exact) mass is 336 g/mol. The highest BCUT2D eigenvalue weighted by Gasteiger charge is 2.18. The van der Waals surface area contributed by atoms with Crippen LogP contribution in [0.5, 0.6) is 5.75 Å². The Balaban J connectivity index is 0.00000176. The Morgan fingerprint density at radius 1 is 1.14 bits per heavy atom. The van der Waals surface area contributed by atoms with Gasteiger partial charge in [0.1, 0.15) is 5.75 Å². The summed E-state index contributed by atoms with van der Waals surface area (Å²) in [5, 5.41) is 1.83. The van der Waals surface area contributed by atoms with E-state index in [0.717, 1.165) is 22.5 Å². The van der Waals surface area contributed by atoms with E-state index in [9.17, 15) is 0 Å². The van der Waals surface area contributed by atoms with Crippen molar-refractivity contribution >= 4 is 34.9 Å². The van der Waals surface area contributed by atoms with E-state index in [1.807, 2.05) is 31.3 Å². The van der Waals surface area contributed by atoms with Crippen molar-refractivity contribution in [3.63, 3.8) is 0 Å². The van der Waals surface area contributed by atoms with Crippen LogP contribution in [0.3, 0.4) is 0 Å². The number of para-hydroxylation sites is 1. The first kappa shape index (κ1) is 16.7. The number of hydrogen-bond acceptors (Lipinski definition) is 2. The van der Waals surface area contributed by atoms with E-state index < -0.39 is 0 Å². The fourth-order valence-electron chi connectivity index (χ4n) is 2.72. The highest BCUT2D eigenvalue weighted by molar-refractivity contribution is 6.30. The number of nitrogens with zero attached hydrogens (tertiary/aromatic N) is 1. The van der Waals surface area contributed by atoms with E-state index in [1.165, 1.54) is 5.39 Å². The third kappa shape index (κ3) is 2.80. The van der Waals surface area contributed by atoms with Crippen LogP contribution >= 0.6 is 24.0 Å². The van der Waals surface area contributed by atoms with E-state index in [1.54, 1.807) is 13.2 Å². The molecule has 0 fully saturated rings. The quantitative estimate of drug-likeness (QED) is 0.774. The van der Waals surface area contributed by atoms with Crippen molar-refractivity contribution in [2.24, 2.45) is 12.8 Å². The number of ether oxygens (including phenoxy) is 1. The van der Waals surface area contributed by atoms with Gasteiger partial charge in [-0.3, -0.25) is 0 Å². The fourth-order valence-corrected chi connectivity index (χ4v) is 2.90. The van der Waals surface area contributed by atoms with Gasteiger partial charge in [0, 0.05) is 28.8 Å². The highest BCUT2D eigenvalue weighted by atomic mass is 35.5. The molecule has 1 heterocycles. The number of rotatable bonds is 3. The Hall–Kier alpha value is -1.68. The van der Waals surface area contributed by atoms with Gasteiger partial charge in [-0.05, 0) is 35.7 Å². The van der Waals surface area contributed by atoms with Crippen molar-refractivity contribution in [2.75, 3.05) is 7.11 Å². The Labute approximate surface area is 141 Å². The number of halogens is 2. The minimum absolute atomic E-state index is 0. The summed E-state index contributed by atoms with van der Waals surface area (Å²) in [5.41, 5.74) is 9.53. The van der Waals surface area contributed by atoms with Crippen molar-refractivity contribution < 1.29 is 4.74 Å². The van der Waals surface area contributed by atoms with Crippen LogP contribution in [0.25, 0.3) is 10.9 Å².